The van der Waals surface area contributed by atoms with Gasteiger partial charge in [0.05, 0.1) is 6.04 Å². The zero-order valence-corrected chi connectivity index (χ0v) is 16.5. The van der Waals surface area contributed by atoms with Crippen molar-refractivity contribution in [2.75, 3.05) is 5.32 Å². The fraction of sp³-hybridized carbons (Fsp3) is 0.286. The minimum atomic E-state index is -0.704. The number of nitrogens with one attached hydrogen (secondary N) is 2. The molecule has 2 N–H and O–H groups in total. The number of halogens is 1. The molecule has 1 aliphatic heterocycles. The molecular weight excluding hydrogens is 378 g/mol. The number of hydrogen-bond donors (Lipinski definition) is 2. The van der Waals surface area contributed by atoms with Crippen LogP contribution >= 0.6 is 11.6 Å². The van der Waals surface area contributed by atoms with Gasteiger partial charge in [0.2, 0.25) is 5.91 Å². The number of carbonyl (C=O) groups excluding carboxylic acids is 3. The maximum Gasteiger partial charge on any atom is 0.325 e. The summed E-state index contributed by atoms with van der Waals surface area (Å²) < 4.78 is 0. The van der Waals surface area contributed by atoms with E-state index >= 15 is 0 Å². The largest absolute Gasteiger partial charge is 0.326 e. The summed E-state index contributed by atoms with van der Waals surface area (Å²) in [6.07, 6.45) is 0.338. The van der Waals surface area contributed by atoms with Crippen molar-refractivity contribution >= 4 is 35.1 Å². The predicted molar refractivity (Wildman–Crippen MR) is 108 cm³/mol. The first-order valence-electron chi connectivity index (χ1n) is 9.11. The number of amides is 4. The Morgan fingerprint density at radius 2 is 1.93 bits per heavy atom. The fourth-order valence-corrected chi connectivity index (χ4v) is 3.38. The molecule has 0 spiro atoms. The molecule has 146 valence electrons. The molecule has 0 radical (unpaired) electrons. The van der Waals surface area contributed by atoms with E-state index < -0.39 is 12.1 Å². The van der Waals surface area contributed by atoms with Crippen molar-refractivity contribution in [2.24, 2.45) is 0 Å². The highest BCUT2D eigenvalue weighted by Gasteiger charge is 2.40. The molecule has 2 aromatic carbocycles. The number of rotatable bonds is 6. The van der Waals surface area contributed by atoms with E-state index in [4.69, 9.17) is 11.6 Å². The van der Waals surface area contributed by atoms with Gasteiger partial charge in [0.15, 0.2) is 0 Å². The first-order chi connectivity index (χ1) is 13.4. The van der Waals surface area contributed by atoms with Crippen molar-refractivity contribution in [3.05, 3.63) is 64.7 Å². The van der Waals surface area contributed by atoms with Crippen molar-refractivity contribution in [2.45, 2.75) is 38.8 Å². The van der Waals surface area contributed by atoms with Crippen LogP contribution in [0.2, 0.25) is 5.02 Å². The molecule has 2 atom stereocenters. The molecule has 0 saturated carbocycles. The second-order valence-electron chi connectivity index (χ2n) is 6.84. The molecule has 0 bridgehead atoms. The van der Waals surface area contributed by atoms with Crippen LogP contribution in [0.1, 0.15) is 36.9 Å². The number of imide groups is 1. The lowest BCUT2D eigenvalue weighted by atomic mass is 10.1. The quantitative estimate of drug-likeness (QED) is 0.719. The first-order valence-corrected chi connectivity index (χ1v) is 9.49. The molecule has 28 heavy (non-hydrogen) atoms. The van der Waals surface area contributed by atoms with E-state index in [9.17, 15) is 14.4 Å². The molecule has 6 nitrogen and oxygen atoms in total. The van der Waals surface area contributed by atoms with Crippen LogP contribution < -0.4 is 10.6 Å². The van der Waals surface area contributed by atoms with E-state index in [1.165, 1.54) is 4.90 Å². The van der Waals surface area contributed by atoms with Crippen LogP contribution in [0.25, 0.3) is 0 Å². The third kappa shape index (κ3) is 4.34. The van der Waals surface area contributed by atoms with Crippen molar-refractivity contribution in [3.63, 3.8) is 0 Å². The Balaban J connectivity index is 1.59. The Bertz CT molecular complexity index is 901. The average Bonchev–Trinajstić information content (AvgIpc) is 2.96. The average molecular weight is 400 g/mol. The highest BCUT2D eigenvalue weighted by atomic mass is 35.5. The van der Waals surface area contributed by atoms with E-state index in [1.54, 1.807) is 12.1 Å². The zero-order valence-electron chi connectivity index (χ0n) is 15.7. The van der Waals surface area contributed by atoms with Gasteiger partial charge in [-0.2, -0.15) is 0 Å². The molecule has 1 aliphatic rings. The van der Waals surface area contributed by atoms with Gasteiger partial charge >= 0.3 is 6.03 Å². The topological polar surface area (TPSA) is 78.5 Å². The highest BCUT2D eigenvalue weighted by Crippen LogP contribution is 2.25. The molecule has 7 heteroatoms. The van der Waals surface area contributed by atoms with Crippen molar-refractivity contribution in [1.82, 2.24) is 10.2 Å². The number of benzene rings is 2. The lowest BCUT2D eigenvalue weighted by Gasteiger charge is -2.21. The van der Waals surface area contributed by atoms with Gasteiger partial charge in [-0.3, -0.25) is 14.5 Å². The summed E-state index contributed by atoms with van der Waals surface area (Å²) >= 11 is 5.96. The molecule has 0 aromatic heterocycles. The Hall–Kier alpha value is -2.86. The van der Waals surface area contributed by atoms with Gasteiger partial charge in [0.1, 0.15) is 6.04 Å². The lowest BCUT2D eigenvalue weighted by molar-refractivity contribution is -0.129. The first kappa shape index (κ1) is 19.9. The number of nitrogens with zero attached hydrogens (tertiary/aromatic N) is 1. The van der Waals surface area contributed by atoms with Crippen LogP contribution in [0.5, 0.6) is 0 Å². The van der Waals surface area contributed by atoms with Crippen molar-refractivity contribution in [1.29, 1.82) is 0 Å². The maximum atomic E-state index is 12.7. The molecular formula is C21H22ClN3O3. The van der Waals surface area contributed by atoms with Crippen LogP contribution in [0.15, 0.2) is 48.5 Å². The molecule has 1 saturated heterocycles. The van der Waals surface area contributed by atoms with Gasteiger partial charge in [0, 0.05) is 17.1 Å². The summed E-state index contributed by atoms with van der Waals surface area (Å²) in [5, 5.41) is 6.01. The van der Waals surface area contributed by atoms with Crippen molar-refractivity contribution in [3.8, 4) is 0 Å². The summed E-state index contributed by atoms with van der Waals surface area (Å²) in [7, 11) is 0. The molecule has 0 aliphatic carbocycles. The van der Waals surface area contributed by atoms with Crippen molar-refractivity contribution < 1.29 is 14.4 Å². The molecule has 3 rings (SSSR count). The molecule has 1 fully saturated rings. The molecule has 2 aromatic rings. The van der Waals surface area contributed by atoms with Crippen LogP contribution in [-0.4, -0.2) is 28.8 Å². The number of anilines is 1. The predicted octanol–water partition coefficient (Wildman–Crippen LogP) is 4.05. The Kier molecular flexibility index (Phi) is 5.99. The minimum absolute atomic E-state index is 0.107. The van der Waals surface area contributed by atoms with Crippen LogP contribution in [0, 0.1) is 6.92 Å². The van der Waals surface area contributed by atoms with Gasteiger partial charge in [0.25, 0.3) is 5.91 Å². The molecule has 0 unspecified atom stereocenters. The standard InChI is InChI=1S/C21H22ClN3O3/c1-13-8-9-16(22)12-18(13)23-19(26)11-10-17-20(27)25(21(28)24-17)14(2)15-6-4-3-5-7-15/h3-9,12,14,17H,10-11H2,1-2H3,(H,23,26)(H,24,28)/t14-,17+/m1/s1. The van der Waals surface area contributed by atoms with Gasteiger partial charge in [-0.15, -0.1) is 0 Å². The smallest absolute Gasteiger partial charge is 0.325 e. The fourth-order valence-electron chi connectivity index (χ4n) is 3.21. The Morgan fingerprint density at radius 1 is 1.21 bits per heavy atom. The maximum absolute atomic E-state index is 12.7. The van der Waals surface area contributed by atoms with E-state index in [2.05, 4.69) is 10.6 Å². The Labute approximate surface area is 168 Å². The third-order valence-corrected chi connectivity index (χ3v) is 5.09. The zero-order chi connectivity index (χ0) is 20.3. The van der Waals surface area contributed by atoms with Gasteiger partial charge in [-0.1, -0.05) is 48.0 Å². The number of hydrogen-bond acceptors (Lipinski definition) is 3. The Morgan fingerprint density at radius 3 is 2.64 bits per heavy atom. The van der Waals surface area contributed by atoms with Crippen LogP contribution in [0.4, 0.5) is 10.5 Å². The molecule has 4 amide bonds. The SMILES string of the molecule is Cc1ccc(Cl)cc1NC(=O)CC[C@@H]1NC(=O)N([C@H](C)c2ccccc2)C1=O. The summed E-state index contributed by atoms with van der Waals surface area (Å²) in [5.41, 5.74) is 2.41. The summed E-state index contributed by atoms with van der Waals surface area (Å²) in [4.78, 5) is 38.5. The lowest BCUT2D eigenvalue weighted by Crippen LogP contribution is -2.34. The van der Waals surface area contributed by atoms with Crippen LogP contribution in [0.3, 0.4) is 0 Å². The van der Waals surface area contributed by atoms with Gasteiger partial charge < -0.3 is 10.6 Å². The minimum Gasteiger partial charge on any atom is -0.326 e. The second kappa shape index (κ2) is 8.44. The second-order valence-corrected chi connectivity index (χ2v) is 7.28. The third-order valence-electron chi connectivity index (χ3n) is 4.86. The molecule has 1 heterocycles. The van der Waals surface area contributed by atoms with Gasteiger partial charge in [-0.05, 0) is 43.5 Å². The summed E-state index contributed by atoms with van der Waals surface area (Å²) in [6.45, 7) is 3.68. The number of carbonyl (C=O) groups is 3. The summed E-state index contributed by atoms with van der Waals surface area (Å²) in [6, 6.07) is 13.1. The summed E-state index contributed by atoms with van der Waals surface area (Å²) in [5.74, 6) is -0.546. The van der Waals surface area contributed by atoms with E-state index in [0.717, 1.165) is 11.1 Å². The van der Waals surface area contributed by atoms with Gasteiger partial charge in [-0.25, -0.2) is 4.79 Å². The van der Waals surface area contributed by atoms with E-state index in [1.807, 2.05) is 50.2 Å². The monoisotopic (exact) mass is 399 g/mol. The highest BCUT2D eigenvalue weighted by molar-refractivity contribution is 6.31. The van der Waals surface area contributed by atoms with E-state index in [-0.39, 0.29) is 30.7 Å². The van der Waals surface area contributed by atoms with Crippen LogP contribution in [-0.2, 0) is 9.59 Å². The number of urea groups is 1. The number of aryl methyl sites for hydroxylation is 1. The normalized spacial score (nSPS) is 17.4. The van der Waals surface area contributed by atoms with E-state index in [0.29, 0.717) is 10.7 Å².